The zero-order chi connectivity index (χ0) is 19.3. The Morgan fingerprint density at radius 3 is 2.65 bits per heavy atom. The normalized spacial score (nSPS) is 12.3. The van der Waals surface area contributed by atoms with Crippen molar-refractivity contribution in [3.05, 3.63) is 24.3 Å². The lowest BCUT2D eigenvalue weighted by atomic mass is 9.92. The predicted molar refractivity (Wildman–Crippen MR) is 102 cm³/mol. The van der Waals surface area contributed by atoms with Crippen LogP contribution in [0.5, 0.6) is 5.75 Å². The molecule has 8 heteroatoms. The maximum Gasteiger partial charge on any atom is 0.248 e. The molecule has 2 N–H and O–H groups in total. The van der Waals surface area contributed by atoms with Crippen molar-refractivity contribution < 1.29 is 14.3 Å². The number of methoxy groups -OCH3 is 1. The summed E-state index contributed by atoms with van der Waals surface area (Å²) in [5.74, 6) is 0.230. The van der Waals surface area contributed by atoms with E-state index >= 15 is 0 Å². The third-order valence-electron chi connectivity index (χ3n) is 3.43. The van der Waals surface area contributed by atoms with Crippen molar-refractivity contribution in [2.45, 2.75) is 40.2 Å². The zero-order valence-electron chi connectivity index (χ0n) is 15.6. The number of nitrogens with one attached hydrogen (secondary N) is 2. The summed E-state index contributed by atoms with van der Waals surface area (Å²) in [6, 6.07) is 6.79. The molecule has 0 aliphatic rings. The highest BCUT2D eigenvalue weighted by Crippen LogP contribution is 2.28. The Bertz CT molecular complexity index is 783. The molecule has 1 aromatic heterocycles. The number of amides is 2. The van der Waals surface area contributed by atoms with E-state index in [0.29, 0.717) is 16.6 Å². The Kier molecular flexibility index (Phi) is 6.31. The topological polar surface area (TPSA) is 93.2 Å². The summed E-state index contributed by atoms with van der Waals surface area (Å²) < 4.78 is 5.20. The van der Waals surface area contributed by atoms with Crippen LogP contribution in [0.25, 0.3) is 10.6 Å². The molecular formula is C18H24N4O3S. The van der Waals surface area contributed by atoms with Gasteiger partial charge in [-0.05, 0) is 24.5 Å². The second-order valence-corrected chi connectivity index (χ2v) is 8.14. The van der Waals surface area contributed by atoms with Crippen LogP contribution in [0.15, 0.2) is 24.3 Å². The minimum Gasteiger partial charge on any atom is -0.497 e. The molecule has 2 rings (SSSR count). The first-order valence-electron chi connectivity index (χ1n) is 8.26. The van der Waals surface area contributed by atoms with Gasteiger partial charge in [-0.25, -0.2) is 0 Å². The van der Waals surface area contributed by atoms with Crippen LogP contribution in [-0.2, 0) is 9.59 Å². The van der Waals surface area contributed by atoms with E-state index in [1.165, 1.54) is 11.3 Å². The number of aromatic nitrogens is 2. The Hall–Kier alpha value is -2.48. The third kappa shape index (κ3) is 5.80. The molecule has 0 bridgehead atoms. The van der Waals surface area contributed by atoms with Crippen LogP contribution in [0.1, 0.15) is 34.1 Å². The lowest BCUT2D eigenvalue weighted by Gasteiger charge is -2.19. The molecule has 0 unspecified atom stereocenters. The van der Waals surface area contributed by atoms with Gasteiger partial charge in [0.05, 0.1) is 7.11 Å². The first-order valence-corrected chi connectivity index (χ1v) is 9.08. The highest BCUT2D eigenvalue weighted by Gasteiger charge is 2.21. The molecule has 0 fully saturated rings. The maximum atomic E-state index is 12.3. The molecule has 1 aromatic carbocycles. The number of rotatable bonds is 6. The summed E-state index contributed by atoms with van der Waals surface area (Å²) in [5.41, 5.74) is 0.722. The highest BCUT2D eigenvalue weighted by atomic mass is 32.1. The van der Waals surface area contributed by atoms with E-state index in [4.69, 9.17) is 4.74 Å². The molecule has 2 amide bonds. The minimum atomic E-state index is -0.658. The van der Waals surface area contributed by atoms with Gasteiger partial charge in [-0.15, -0.1) is 10.2 Å². The summed E-state index contributed by atoms with van der Waals surface area (Å²) in [6.07, 6.45) is 0.351. The zero-order valence-corrected chi connectivity index (χ0v) is 16.4. The van der Waals surface area contributed by atoms with E-state index in [-0.39, 0.29) is 17.2 Å². The summed E-state index contributed by atoms with van der Waals surface area (Å²) in [5, 5.41) is 14.5. The lowest BCUT2D eigenvalue weighted by Crippen LogP contribution is -2.42. The fourth-order valence-corrected chi connectivity index (χ4v) is 2.94. The Labute approximate surface area is 157 Å². The Morgan fingerprint density at radius 2 is 2.00 bits per heavy atom. The van der Waals surface area contributed by atoms with Gasteiger partial charge in [0, 0.05) is 12.0 Å². The molecule has 140 valence electrons. The number of carbonyl (C=O) groups excluding carboxylic acids is 2. The van der Waals surface area contributed by atoms with Crippen LogP contribution in [0.3, 0.4) is 0 Å². The van der Waals surface area contributed by atoms with E-state index in [1.54, 1.807) is 14.0 Å². The molecule has 0 spiro atoms. The van der Waals surface area contributed by atoms with Gasteiger partial charge < -0.3 is 10.1 Å². The predicted octanol–water partition coefficient (Wildman–Crippen LogP) is 3.09. The van der Waals surface area contributed by atoms with Gasteiger partial charge in [0.15, 0.2) is 0 Å². The number of nitrogens with zero attached hydrogens (tertiary/aromatic N) is 2. The van der Waals surface area contributed by atoms with Crippen molar-refractivity contribution in [1.82, 2.24) is 15.5 Å². The fourth-order valence-electron chi connectivity index (χ4n) is 2.20. The van der Waals surface area contributed by atoms with Gasteiger partial charge in [0.2, 0.25) is 16.9 Å². The summed E-state index contributed by atoms with van der Waals surface area (Å²) in [7, 11) is 1.60. The van der Waals surface area contributed by atoms with Crippen LogP contribution < -0.4 is 15.4 Å². The summed E-state index contributed by atoms with van der Waals surface area (Å²) in [4.78, 5) is 24.2. The molecule has 1 atom stereocenters. The van der Waals surface area contributed by atoms with Crippen molar-refractivity contribution >= 4 is 28.3 Å². The lowest BCUT2D eigenvalue weighted by molar-refractivity contribution is -0.127. The standard InChI is InChI=1S/C18H24N4O3S/c1-11(19-14(23)10-18(2,3)4)15(24)20-17-22-21-16(26-17)12-7-6-8-13(9-12)25-5/h6-9,11H,10H2,1-5H3,(H,19,23)(H,20,22,24)/t11-/m1/s1. The SMILES string of the molecule is COc1cccc(-c2nnc(NC(=O)[C@@H](C)NC(=O)CC(C)(C)C)s2)c1. The summed E-state index contributed by atoms with van der Waals surface area (Å²) in [6.45, 7) is 7.55. The number of hydrogen-bond donors (Lipinski definition) is 2. The molecule has 0 saturated heterocycles. The van der Waals surface area contributed by atoms with Gasteiger partial charge in [0.25, 0.3) is 0 Å². The monoisotopic (exact) mass is 376 g/mol. The quantitative estimate of drug-likeness (QED) is 0.808. The van der Waals surface area contributed by atoms with Gasteiger partial charge >= 0.3 is 0 Å². The number of hydrogen-bond acceptors (Lipinski definition) is 6. The van der Waals surface area contributed by atoms with E-state index < -0.39 is 6.04 Å². The van der Waals surface area contributed by atoms with Crippen LogP contribution in [0.4, 0.5) is 5.13 Å². The van der Waals surface area contributed by atoms with Crippen LogP contribution in [-0.4, -0.2) is 35.2 Å². The van der Waals surface area contributed by atoms with Crippen molar-refractivity contribution in [3.8, 4) is 16.3 Å². The van der Waals surface area contributed by atoms with Gasteiger partial charge in [-0.2, -0.15) is 0 Å². The molecule has 0 saturated carbocycles. The molecule has 7 nitrogen and oxygen atoms in total. The smallest absolute Gasteiger partial charge is 0.248 e. The largest absolute Gasteiger partial charge is 0.497 e. The average molecular weight is 376 g/mol. The highest BCUT2D eigenvalue weighted by molar-refractivity contribution is 7.18. The molecule has 26 heavy (non-hydrogen) atoms. The van der Waals surface area contributed by atoms with Crippen molar-refractivity contribution in [3.63, 3.8) is 0 Å². The maximum absolute atomic E-state index is 12.3. The van der Waals surface area contributed by atoms with E-state index in [1.807, 2.05) is 45.0 Å². The first kappa shape index (κ1) is 19.8. The number of carbonyl (C=O) groups is 2. The van der Waals surface area contributed by atoms with Crippen molar-refractivity contribution in [1.29, 1.82) is 0 Å². The van der Waals surface area contributed by atoms with Crippen LogP contribution in [0.2, 0.25) is 0 Å². The number of anilines is 1. The Balaban J connectivity index is 1.97. The average Bonchev–Trinajstić information content (AvgIpc) is 3.01. The van der Waals surface area contributed by atoms with E-state index in [0.717, 1.165) is 11.3 Å². The van der Waals surface area contributed by atoms with E-state index in [9.17, 15) is 9.59 Å². The minimum absolute atomic E-state index is 0.134. The second kappa shape index (κ2) is 8.27. The number of ether oxygens (including phenoxy) is 1. The Morgan fingerprint density at radius 1 is 1.27 bits per heavy atom. The molecule has 1 heterocycles. The van der Waals surface area contributed by atoms with Crippen LogP contribution >= 0.6 is 11.3 Å². The fraction of sp³-hybridized carbons (Fsp3) is 0.444. The van der Waals surface area contributed by atoms with Gasteiger partial charge in [-0.3, -0.25) is 14.9 Å². The first-order chi connectivity index (χ1) is 12.2. The summed E-state index contributed by atoms with van der Waals surface area (Å²) >= 11 is 1.26. The van der Waals surface area contributed by atoms with Crippen LogP contribution in [0, 0.1) is 5.41 Å². The van der Waals surface area contributed by atoms with E-state index in [2.05, 4.69) is 20.8 Å². The molecular weight excluding hydrogens is 352 g/mol. The molecule has 0 aliphatic carbocycles. The second-order valence-electron chi connectivity index (χ2n) is 7.16. The molecule has 0 radical (unpaired) electrons. The third-order valence-corrected chi connectivity index (χ3v) is 4.32. The number of benzene rings is 1. The molecule has 0 aliphatic heterocycles. The van der Waals surface area contributed by atoms with Crippen molar-refractivity contribution in [2.24, 2.45) is 5.41 Å². The molecule has 2 aromatic rings. The van der Waals surface area contributed by atoms with Gasteiger partial charge in [-0.1, -0.05) is 44.2 Å². The van der Waals surface area contributed by atoms with Gasteiger partial charge in [0.1, 0.15) is 16.8 Å². The van der Waals surface area contributed by atoms with Crippen molar-refractivity contribution in [2.75, 3.05) is 12.4 Å².